The Morgan fingerprint density at radius 2 is 1.20 bits per heavy atom. The van der Waals surface area contributed by atoms with E-state index >= 15 is 0 Å². The quantitative estimate of drug-likeness (QED) is 0.323. The topological polar surface area (TPSA) is 15.8 Å². The average molecular weight is 317 g/mol. The van der Waals surface area contributed by atoms with Crippen molar-refractivity contribution in [3.63, 3.8) is 0 Å². The standard InChI is InChI=1S/C24H15N/c1-2-7-21-18(4-1)14-22(25-21)19-12-10-17-9-8-15-5-3-6-16-11-13-20(19)24(17)23(15)16/h1-14,25H. The molecule has 0 fully saturated rings. The number of hydrogen-bond acceptors (Lipinski definition) is 0. The SMILES string of the molecule is c1ccc2[nH]c(-c3ccc4ccc5cccc6ccc3c4c56)cc2c1. The lowest BCUT2D eigenvalue weighted by Gasteiger charge is -2.13. The minimum atomic E-state index is 1.18. The smallest absolute Gasteiger partial charge is 0.0471 e. The van der Waals surface area contributed by atoms with Gasteiger partial charge in [0.15, 0.2) is 0 Å². The molecule has 1 aromatic heterocycles. The Bertz CT molecular complexity index is 1340. The van der Waals surface area contributed by atoms with Crippen molar-refractivity contribution in [1.82, 2.24) is 4.98 Å². The van der Waals surface area contributed by atoms with E-state index in [1.165, 1.54) is 54.5 Å². The van der Waals surface area contributed by atoms with Gasteiger partial charge in [0.2, 0.25) is 0 Å². The third kappa shape index (κ3) is 1.72. The van der Waals surface area contributed by atoms with Gasteiger partial charge in [0.1, 0.15) is 0 Å². The van der Waals surface area contributed by atoms with Gasteiger partial charge in [-0.25, -0.2) is 0 Å². The average Bonchev–Trinajstić information content (AvgIpc) is 3.10. The van der Waals surface area contributed by atoms with Crippen molar-refractivity contribution < 1.29 is 0 Å². The van der Waals surface area contributed by atoms with Crippen LogP contribution in [0.25, 0.3) is 54.5 Å². The number of fused-ring (bicyclic) bond motifs is 1. The van der Waals surface area contributed by atoms with Crippen LogP contribution in [0, 0.1) is 0 Å². The number of aromatic nitrogens is 1. The van der Waals surface area contributed by atoms with Crippen molar-refractivity contribution in [2.45, 2.75) is 0 Å². The molecule has 0 aliphatic carbocycles. The summed E-state index contributed by atoms with van der Waals surface area (Å²) in [5.41, 5.74) is 3.63. The van der Waals surface area contributed by atoms with E-state index < -0.39 is 0 Å². The molecule has 0 spiro atoms. The third-order valence-corrected chi connectivity index (χ3v) is 5.35. The van der Waals surface area contributed by atoms with Crippen LogP contribution < -0.4 is 0 Å². The highest BCUT2D eigenvalue weighted by Gasteiger charge is 2.12. The Hall–Kier alpha value is -3.32. The van der Waals surface area contributed by atoms with Crippen LogP contribution >= 0.6 is 0 Å². The highest BCUT2D eigenvalue weighted by Crippen LogP contribution is 2.39. The van der Waals surface area contributed by atoms with E-state index in [-0.39, 0.29) is 0 Å². The molecule has 5 aromatic carbocycles. The lowest BCUT2D eigenvalue weighted by molar-refractivity contribution is 1.47. The predicted octanol–water partition coefficient (Wildman–Crippen LogP) is 6.73. The van der Waals surface area contributed by atoms with Crippen LogP contribution in [-0.2, 0) is 0 Å². The first-order chi connectivity index (χ1) is 12.4. The Kier molecular flexibility index (Phi) is 2.40. The number of hydrogen-bond donors (Lipinski definition) is 1. The normalized spacial score (nSPS) is 12.0. The summed E-state index contributed by atoms with van der Waals surface area (Å²) >= 11 is 0. The number of para-hydroxylation sites is 1. The summed E-state index contributed by atoms with van der Waals surface area (Å²) in [5, 5.41) is 9.23. The van der Waals surface area contributed by atoms with Crippen LogP contribution in [0.1, 0.15) is 0 Å². The van der Waals surface area contributed by atoms with E-state index in [9.17, 15) is 0 Å². The zero-order valence-electron chi connectivity index (χ0n) is 13.6. The van der Waals surface area contributed by atoms with Crippen LogP contribution in [0.4, 0.5) is 0 Å². The van der Waals surface area contributed by atoms with Crippen LogP contribution in [-0.4, -0.2) is 4.98 Å². The second-order valence-electron chi connectivity index (χ2n) is 6.74. The number of rotatable bonds is 1. The van der Waals surface area contributed by atoms with Crippen molar-refractivity contribution in [3.8, 4) is 11.3 Å². The molecule has 0 aliphatic rings. The fourth-order valence-electron chi connectivity index (χ4n) is 4.19. The summed E-state index contributed by atoms with van der Waals surface area (Å²) in [5.74, 6) is 0. The molecule has 6 aromatic rings. The second kappa shape index (κ2) is 4.61. The first-order valence-electron chi connectivity index (χ1n) is 8.63. The predicted molar refractivity (Wildman–Crippen MR) is 107 cm³/mol. The Labute approximate surface area is 144 Å². The molecule has 6 rings (SSSR count). The van der Waals surface area contributed by atoms with Gasteiger partial charge in [-0.3, -0.25) is 0 Å². The van der Waals surface area contributed by atoms with Crippen molar-refractivity contribution in [2.75, 3.05) is 0 Å². The van der Waals surface area contributed by atoms with Crippen molar-refractivity contribution in [1.29, 1.82) is 0 Å². The van der Waals surface area contributed by atoms with Gasteiger partial charge in [-0.05, 0) is 44.5 Å². The van der Waals surface area contributed by atoms with Crippen molar-refractivity contribution in [2.24, 2.45) is 0 Å². The second-order valence-corrected chi connectivity index (χ2v) is 6.74. The molecular weight excluding hydrogens is 302 g/mol. The van der Waals surface area contributed by atoms with Gasteiger partial charge in [-0.1, -0.05) is 72.8 Å². The summed E-state index contributed by atoms with van der Waals surface area (Å²) < 4.78 is 0. The van der Waals surface area contributed by atoms with Gasteiger partial charge in [0.05, 0.1) is 0 Å². The van der Waals surface area contributed by atoms with Gasteiger partial charge in [-0.2, -0.15) is 0 Å². The van der Waals surface area contributed by atoms with Gasteiger partial charge in [-0.15, -0.1) is 0 Å². The van der Waals surface area contributed by atoms with E-state index in [2.05, 4.69) is 89.9 Å². The number of aromatic amines is 1. The van der Waals surface area contributed by atoms with Crippen LogP contribution in [0.15, 0.2) is 84.9 Å². The minimum Gasteiger partial charge on any atom is -0.355 e. The summed E-state index contributed by atoms with van der Waals surface area (Å²) in [6.07, 6.45) is 0. The first-order valence-corrected chi connectivity index (χ1v) is 8.63. The highest BCUT2D eigenvalue weighted by atomic mass is 14.7. The molecule has 25 heavy (non-hydrogen) atoms. The zero-order chi connectivity index (χ0) is 16.4. The zero-order valence-corrected chi connectivity index (χ0v) is 13.6. The molecule has 0 radical (unpaired) electrons. The summed E-state index contributed by atoms with van der Waals surface area (Å²) in [6.45, 7) is 0. The fraction of sp³-hybridized carbons (Fsp3) is 0. The first kappa shape index (κ1) is 13.0. The van der Waals surface area contributed by atoms with Gasteiger partial charge in [0, 0.05) is 22.2 Å². The molecule has 1 heterocycles. The van der Waals surface area contributed by atoms with E-state index in [1.54, 1.807) is 0 Å². The maximum atomic E-state index is 3.59. The van der Waals surface area contributed by atoms with E-state index in [4.69, 9.17) is 0 Å². The third-order valence-electron chi connectivity index (χ3n) is 5.35. The monoisotopic (exact) mass is 317 g/mol. The van der Waals surface area contributed by atoms with E-state index in [0.29, 0.717) is 0 Å². The maximum Gasteiger partial charge on any atom is 0.0471 e. The van der Waals surface area contributed by atoms with E-state index in [1.807, 2.05) is 0 Å². The molecule has 1 N–H and O–H groups in total. The largest absolute Gasteiger partial charge is 0.355 e. The van der Waals surface area contributed by atoms with Crippen molar-refractivity contribution in [3.05, 3.63) is 84.9 Å². The summed E-state index contributed by atoms with van der Waals surface area (Å²) in [4.78, 5) is 3.59. The Morgan fingerprint density at radius 3 is 2.04 bits per heavy atom. The Morgan fingerprint density at radius 1 is 0.520 bits per heavy atom. The van der Waals surface area contributed by atoms with Crippen LogP contribution in [0.3, 0.4) is 0 Å². The van der Waals surface area contributed by atoms with Crippen LogP contribution in [0.2, 0.25) is 0 Å². The molecule has 0 atom stereocenters. The maximum absolute atomic E-state index is 3.59. The molecule has 0 amide bonds. The molecule has 0 aliphatic heterocycles. The molecular formula is C24H15N. The Balaban J connectivity index is 1.78. The number of benzene rings is 5. The number of H-pyrrole nitrogens is 1. The minimum absolute atomic E-state index is 1.18. The molecule has 1 nitrogen and oxygen atoms in total. The molecule has 116 valence electrons. The number of nitrogens with one attached hydrogen (secondary N) is 1. The van der Waals surface area contributed by atoms with E-state index in [0.717, 1.165) is 0 Å². The molecule has 0 saturated carbocycles. The van der Waals surface area contributed by atoms with Crippen LogP contribution in [0.5, 0.6) is 0 Å². The summed E-state index contributed by atoms with van der Waals surface area (Å²) in [7, 11) is 0. The molecule has 0 bridgehead atoms. The molecule has 0 unspecified atom stereocenters. The lowest BCUT2D eigenvalue weighted by Crippen LogP contribution is -1.87. The van der Waals surface area contributed by atoms with Gasteiger partial charge < -0.3 is 4.98 Å². The molecule has 1 heteroatoms. The summed E-state index contributed by atoms with van der Waals surface area (Å²) in [6, 6.07) is 30.7. The van der Waals surface area contributed by atoms with Crippen molar-refractivity contribution >= 4 is 43.2 Å². The highest BCUT2D eigenvalue weighted by molar-refractivity contribution is 6.25. The molecule has 0 saturated heterocycles. The van der Waals surface area contributed by atoms with Gasteiger partial charge >= 0.3 is 0 Å². The lowest BCUT2D eigenvalue weighted by atomic mass is 9.91. The van der Waals surface area contributed by atoms with Gasteiger partial charge in [0.25, 0.3) is 0 Å². The fourth-order valence-corrected chi connectivity index (χ4v) is 4.19.